The van der Waals surface area contributed by atoms with E-state index in [-0.39, 0.29) is 0 Å². The molecular weight excluding hydrogens is 486 g/mol. The number of hydrazone groups is 2. The van der Waals surface area contributed by atoms with E-state index in [4.69, 9.17) is 0 Å². The molecule has 188 valence electrons. The van der Waals surface area contributed by atoms with E-state index in [0.717, 1.165) is 38.6 Å². The monoisotopic (exact) mass is 509 g/mol. The van der Waals surface area contributed by atoms with Gasteiger partial charge in [0.05, 0.1) is 23.5 Å². The van der Waals surface area contributed by atoms with Crippen LogP contribution in [0.2, 0.25) is 0 Å². The molecule has 0 unspecified atom stereocenters. The molecule has 6 rings (SSSR count). The Morgan fingerprint density at radius 2 is 1.13 bits per heavy atom. The molecule has 0 amide bonds. The van der Waals surface area contributed by atoms with Crippen LogP contribution in [0.4, 0.5) is 23.3 Å². The van der Waals surface area contributed by atoms with E-state index >= 15 is 0 Å². The Bertz CT molecular complexity index is 1680. The van der Waals surface area contributed by atoms with Crippen LogP contribution in [0.1, 0.15) is 11.1 Å². The minimum atomic E-state index is 0.303. The van der Waals surface area contributed by atoms with E-state index in [2.05, 4.69) is 46.3 Å². The van der Waals surface area contributed by atoms with Crippen molar-refractivity contribution in [1.82, 2.24) is 19.9 Å². The van der Waals surface area contributed by atoms with Gasteiger partial charge in [-0.05, 0) is 36.4 Å². The number of benzene rings is 3. The van der Waals surface area contributed by atoms with E-state index in [0.29, 0.717) is 17.6 Å². The number of aromatic nitrogens is 4. The Labute approximate surface area is 224 Å². The lowest BCUT2D eigenvalue weighted by atomic mass is 10.1. The van der Waals surface area contributed by atoms with Gasteiger partial charge in [0, 0.05) is 46.0 Å². The van der Waals surface area contributed by atoms with Gasteiger partial charge in [-0.25, -0.2) is 5.43 Å². The van der Waals surface area contributed by atoms with Crippen LogP contribution < -0.4 is 16.2 Å². The van der Waals surface area contributed by atoms with Crippen molar-refractivity contribution in [3.05, 3.63) is 121 Å². The first-order chi connectivity index (χ1) is 19.3. The fraction of sp³-hybridized carbons (Fsp3) is 0. The summed E-state index contributed by atoms with van der Waals surface area (Å²) in [5, 5.41) is 14.1. The van der Waals surface area contributed by atoms with Gasteiger partial charge in [0.15, 0.2) is 5.82 Å². The normalized spacial score (nSPS) is 11.4. The SMILES string of the molecule is C(=NNc1cc(Nc2ccccc2)nc(NN=Cc2ccnc3ccccc23)n1)c1ccnc2ccccc12. The molecule has 9 nitrogen and oxygen atoms in total. The standard InChI is InChI=1S/C30H23N9/c1-2-8-23(9-3-1)35-28-18-29(38-33-19-21-14-16-31-26-12-6-4-10-24(21)26)37-30(36-28)39-34-20-22-15-17-32-27-13-7-5-11-25(22)27/h1-20H,(H3,35,36,37,38,39). The lowest BCUT2D eigenvalue weighted by Crippen LogP contribution is -2.04. The summed E-state index contributed by atoms with van der Waals surface area (Å²) in [5.74, 6) is 1.37. The number of para-hydroxylation sites is 3. The quantitative estimate of drug-likeness (QED) is 0.165. The maximum absolute atomic E-state index is 4.57. The third kappa shape index (κ3) is 5.67. The Morgan fingerprint density at radius 3 is 1.79 bits per heavy atom. The molecule has 0 saturated heterocycles. The number of anilines is 4. The van der Waals surface area contributed by atoms with E-state index in [1.807, 2.05) is 91.0 Å². The van der Waals surface area contributed by atoms with E-state index in [1.54, 1.807) is 30.9 Å². The maximum atomic E-state index is 4.57. The molecule has 0 bridgehead atoms. The minimum Gasteiger partial charge on any atom is -0.340 e. The summed E-state index contributed by atoms with van der Waals surface area (Å²) in [6.07, 6.45) is 7.00. The van der Waals surface area contributed by atoms with E-state index < -0.39 is 0 Å². The predicted octanol–water partition coefficient (Wildman–Crippen LogP) is 6.21. The van der Waals surface area contributed by atoms with Crippen molar-refractivity contribution in [2.24, 2.45) is 10.2 Å². The van der Waals surface area contributed by atoms with Gasteiger partial charge >= 0.3 is 0 Å². The van der Waals surface area contributed by atoms with Gasteiger partial charge < -0.3 is 5.32 Å². The molecule has 0 radical (unpaired) electrons. The molecule has 0 atom stereocenters. The van der Waals surface area contributed by atoms with Crippen molar-refractivity contribution < 1.29 is 0 Å². The number of hydrogen-bond donors (Lipinski definition) is 3. The molecule has 3 aromatic carbocycles. The molecule has 0 aliphatic heterocycles. The smallest absolute Gasteiger partial charge is 0.247 e. The van der Waals surface area contributed by atoms with Crippen molar-refractivity contribution in [1.29, 1.82) is 0 Å². The number of pyridine rings is 2. The Balaban J connectivity index is 1.26. The molecule has 3 heterocycles. The van der Waals surface area contributed by atoms with Gasteiger partial charge in [-0.2, -0.15) is 20.2 Å². The summed E-state index contributed by atoms with van der Waals surface area (Å²) in [7, 11) is 0. The van der Waals surface area contributed by atoms with Crippen molar-refractivity contribution in [3.63, 3.8) is 0 Å². The highest BCUT2D eigenvalue weighted by molar-refractivity contribution is 5.99. The van der Waals surface area contributed by atoms with Crippen LogP contribution >= 0.6 is 0 Å². The van der Waals surface area contributed by atoms with E-state index in [1.165, 1.54) is 0 Å². The van der Waals surface area contributed by atoms with E-state index in [9.17, 15) is 0 Å². The second-order valence-electron chi connectivity index (χ2n) is 8.53. The Morgan fingerprint density at radius 1 is 0.564 bits per heavy atom. The van der Waals surface area contributed by atoms with Gasteiger partial charge in [-0.15, -0.1) is 0 Å². The number of rotatable bonds is 8. The second-order valence-corrected chi connectivity index (χ2v) is 8.53. The molecule has 6 aromatic rings. The number of nitrogens with zero attached hydrogens (tertiary/aromatic N) is 6. The molecule has 3 N–H and O–H groups in total. The Hall–Kier alpha value is -5.70. The highest BCUT2D eigenvalue weighted by Gasteiger charge is 2.06. The molecular formula is C30H23N9. The first-order valence-corrected chi connectivity index (χ1v) is 12.3. The van der Waals surface area contributed by atoms with Crippen molar-refractivity contribution in [2.75, 3.05) is 16.2 Å². The number of hydrogen-bond acceptors (Lipinski definition) is 9. The van der Waals surface area contributed by atoms with Crippen molar-refractivity contribution >= 4 is 57.5 Å². The zero-order valence-electron chi connectivity index (χ0n) is 20.7. The van der Waals surface area contributed by atoms with Crippen LogP contribution in [0.15, 0.2) is 120 Å². The van der Waals surface area contributed by atoms with Gasteiger partial charge in [0.1, 0.15) is 5.82 Å². The molecule has 0 spiro atoms. The molecule has 0 fully saturated rings. The zero-order chi connectivity index (χ0) is 26.3. The fourth-order valence-corrected chi connectivity index (χ4v) is 4.08. The van der Waals surface area contributed by atoms with Crippen LogP contribution in [-0.4, -0.2) is 32.4 Å². The van der Waals surface area contributed by atoms with Crippen LogP contribution in [-0.2, 0) is 0 Å². The van der Waals surface area contributed by atoms with Crippen LogP contribution in [0, 0.1) is 0 Å². The molecule has 9 heteroatoms. The van der Waals surface area contributed by atoms with Crippen LogP contribution in [0.5, 0.6) is 0 Å². The summed E-state index contributed by atoms with van der Waals surface area (Å²) in [6, 6.07) is 31.2. The highest BCUT2D eigenvalue weighted by Crippen LogP contribution is 2.20. The average Bonchev–Trinajstić information content (AvgIpc) is 2.98. The maximum Gasteiger partial charge on any atom is 0.247 e. The van der Waals surface area contributed by atoms with Gasteiger partial charge in [0.2, 0.25) is 5.95 Å². The Kier molecular flexibility index (Phi) is 6.76. The van der Waals surface area contributed by atoms with Crippen LogP contribution in [0.3, 0.4) is 0 Å². The second kappa shape index (κ2) is 11.1. The summed E-state index contributed by atoms with van der Waals surface area (Å²) in [5.41, 5.74) is 10.5. The predicted molar refractivity (Wildman–Crippen MR) is 158 cm³/mol. The average molecular weight is 510 g/mol. The highest BCUT2D eigenvalue weighted by atomic mass is 15.4. The van der Waals surface area contributed by atoms with Crippen molar-refractivity contribution in [3.8, 4) is 0 Å². The largest absolute Gasteiger partial charge is 0.340 e. The lowest BCUT2D eigenvalue weighted by molar-refractivity contribution is 1.10. The summed E-state index contributed by atoms with van der Waals surface area (Å²) >= 11 is 0. The first kappa shape index (κ1) is 23.7. The molecule has 0 aliphatic carbocycles. The molecule has 3 aromatic heterocycles. The van der Waals surface area contributed by atoms with Crippen molar-refractivity contribution in [2.45, 2.75) is 0 Å². The topological polar surface area (TPSA) is 112 Å². The van der Waals surface area contributed by atoms with Gasteiger partial charge in [-0.1, -0.05) is 54.6 Å². The first-order valence-electron chi connectivity index (χ1n) is 12.3. The number of fused-ring (bicyclic) bond motifs is 2. The van der Waals surface area contributed by atoms with Gasteiger partial charge in [-0.3, -0.25) is 15.4 Å². The molecule has 0 saturated carbocycles. The third-order valence-corrected chi connectivity index (χ3v) is 5.89. The molecule has 39 heavy (non-hydrogen) atoms. The summed E-state index contributed by atoms with van der Waals surface area (Å²) in [6.45, 7) is 0. The lowest BCUT2D eigenvalue weighted by Gasteiger charge is -2.09. The number of nitrogens with one attached hydrogen (secondary N) is 3. The minimum absolute atomic E-state index is 0.303. The third-order valence-electron chi connectivity index (χ3n) is 5.89. The van der Waals surface area contributed by atoms with Crippen LogP contribution in [0.25, 0.3) is 21.8 Å². The van der Waals surface area contributed by atoms with Gasteiger partial charge in [0.25, 0.3) is 0 Å². The molecule has 0 aliphatic rings. The summed E-state index contributed by atoms with van der Waals surface area (Å²) in [4.78, 5) is 17.9. The fourth-order valence-electron chi connectivity index (χ4n) is 4.08. The summed E-state index contributed by atoms with van der Waals surface area (Å²) < 4.78 is 0. The zero-order valence-corrected chi connectivity index (χ0v) is 20.7.